The van der Waals surface area contributed by atoms with Crippen molar-refractivity contribution in [1.29, 1.82) is 0 Å². The zero-order valence-corrected chi connectivity index (χ0v) is 11.0. The highest BCUT2D eigenvalue weighted by atomic mass is 16.5. The first-order valence-electron chi connectivity index (χ1n) is 6.12. The summed E-state index contributed by atoms with van der Waals surface area (Å²) in [5.74, 6) is 0.905. The zero-order valence-electron chi connectivity index (χ0n) is 11.0. The van der Waals surface area contributed by atoms with Gasteiger partial charge in [0.05, 0.1) is 6.10 Å². The third-order valence-electron chi connectivity index (χ3n) is 2.55. The molecule has 1 aromatic carbocycles. The van der Waals surface area contributed by atoms with Crippen LogP contribution in [-0.2, 0) is 11.2 Å². The van der Waals surface area contributed by atoms with E-state index >= 15 is 0 Å². The molecule has 0 fully saturated rings. The van der Waals surface area contributed by atoms with E-state index in [0.29, 0.717) is 0 Å². The number of hydrogen-bond acceptors (Lipinski definition) is 3. The fourth-order valence-electron chi connectivity index (χ4n) is 1.65. The minimum atomic E-state index is 0.175. The van der Waals surface area contributed by atoms with Gasteiger partial charge in [-0.1, -0.05) is 12.1 Å². The van der Waals surface area contributed by atoms with E-state index in [4.69, 9.17) is 15.2 Å². The monoisotopic (exact) mass is 237 g/mol. The topological polar surface area (TPSA) is 44.5 Å². The molecule has 0 aromatic heterocycles. The summed E-state index contributed by atoms with van der Waals surface area (Å²) >= 11 is 0. The van der Waals surface area contributed by atoms with Crippen LogP contribution in [-0.4, -0.2) is 25.9 Å². The minimum Gasteiger partial charge on any atom is -0.491 e. The highest BCUT2D eigenvalue weighted by Gasteiger charge is 2.04. The molecule has 0 spiro atoms. The fourth-order valence-corrected chi connectivity index (χ4v) is 1.65. The number of nitrogens with two attached hydrogens (primary N) is 1. The molecule has 17 heavy (non-hydrogen) atoms. The van der Waals surface area contributed by atoms with E-state index in [0.717, 1.165) is 25.2 Å². The summed E-state index contributed by atoms with van der Waals surface area (Å²) in [4.78, 5) is 0. The third kappa shape index (κ3) is 5.71. The molecule has 0 radical (unpaired) electrons. The van der Waals surface area contributed by atoms with Crippen LogP contribution in [0.25, 0.3) is 0 Å². The zero-order chi connectivity index (χ0) is 12.7. The Balaban J connectivity index is 2.44. The predicted molar refractivity (Wildman–Crippen MR) is 70.4 cm³/mol. The van der Waals surface area contributed by atoms with Crippen LogP contribution in [0.4, 0.5) is 0 Å². The molecule has 1 rings (SSSR count). The second-order valence-electron chi connectivity index (χ2n) is 4.54. The summed E-state index contributed by atoms with van der Waals surface area (Å²) in [6, 6.07) is 8.34. The van der Waals surface area contributed by atoms with Gasteiger partial charge >= 0.3 is 0 Å². The summed E-state index contributed by atoms with van der Waals surface area (Å²) in [5.41, 5.74) is 7.00. The van der Waals surface area contributed by atoms with E-state index in [2.05, 4.69) is 19.1 Å². The first kappa shape index (κ1) is 14.0. The molecule has 0 heterocycles. The van der Waals surface area contributed by atoms with Gasteiger partial charge in [0.1, 0.15) is 5.75 Å². The van der Waals surface area contributed by atoms with Crippen LogP contribution in [0.3, 0.4) is 0 Å². The second kappa shape index (κ2) is 7.30. The van der Waals surface area contributed by atoms with Crippen molar-refractivity contribution in [1.82, 2.24) is 0 Å². The van der Waals surface area contributed by atoms with Crippen LogP contribution in [0.15, 0.2) is 24.3 Å². The summed E-state index contributed by atoms with van der Waals surface area (Å²) in [6.45, 7) is 4.79. The maximum Gasteiger partial charge on any atom is 0.119 e. The van der Waals surface area contributed by atoms with Gasteiger partial charge in [0.25, 0.3) is 0 Å². The maximum atomic E-state index is 5.77. The standard InChI is InChI=1S/C14H23NO2/c1-11(15)10-13-4-6-14(7-5-13)17-12(2)8-9-16-3/h4-7,11-12H,8-10,15H2,1-3H3. The van der Waals surface area contributed by atoms with E-state index in [1.54, 1.807) is 7.11 Å². The van der Waals surface area contributed by atoms with Crippen molar-refractivity contribution < 1.29 is 9.47 Å². The fraction of sp³-hybridized carbons (Fsp3) is 0.571. The van der Waals surface area contributed by atoms with E-state index < -0.39 is 0 Å². The number of methoxy groups -OCH3 is 1. The number of rotatable bonds is 7. The first-order chi connectivity index (χ1) is 8.11. The van der Waals surface area contributed by atoms with Gasteiger partial charge < -0.3 is 15.2 Å². The Morgan fingerprint density at radius 2 is 1.82 bits per heavy atom. The van der Waals surface area contributed by atoms with Crippen LogP contribution in [0, 0.1) is 0 Å². The molecule has 2 unspecified atom stereocenters. The first-order valence-corrected chi connectivity index (χ1v) is 6.12. The molecule has 96 valence electrons. The Kier molecular flexibility index (Phi) is 6.01. The molecule has 3 heteroatoms. The Hall–Kier alpha value is -1.06. The van der Waals surface area contributed by atoms with Crippen molar-refractivity contribution in [3.63, 3.8) is 0 Å². The molecule has 0 saturated carbocycles. The predicted octanol–water partition coefficient (Wildman–Crippen LogP) is 2.38. The molecule has 0 amide bonds. The summed E-state index contributed by atoms with van der Waals surface area (Å²) in [6.07, 6.45) is 1.98. The van der Waals surface area contributed by atoms with Gasteiger partial charge in [-0.15, -0.1) is 0 Å². The Morgan fingerprint density at radius 1 is 1.18 bits per heavy atom. The highest BCUT2D eigenvalue weighted by molar-refractivity contribution is 5.27. The smallest absolute Gasteiger partial charge is 0.119 e. The van der Waals surface area contributed by atoms with Crippen molar-refractivity contribution in [3.8, 4) is 5.75 Å². The Bertz CT molecular complexity index is 309. The summed E-state index contributed by atoms with van der Waals surface area (Å²) in [5, 5.41) is 0. The minimum absolute atomic E-state index is 0.175. The number of ether oxygens (including phenoxy) is 2. The SMILES string of the molecule is COCCC(C)Oc1ccc(CC(C)N)cc1. The van der Waals surface area contributed by atoms with Crippen molar-refractivity contribution in [2.24, 2.45) is 5.73 Å². The van der Waals surface area contributed by atoms with Gasteiger partial charge in [0.15, 0.2) is 0 Å². The van der Waals surface area contributed by atoms with Crippen LogP contribution in [0.2, 0.25) is 0 Å². The van der Waals surface area contributed by atoms with Crippen LogP contribution < -0.4 is 10.5 Å². The van der Waals surface area contributed by atoms with E-state index in [1.165, 1.54) is 5.56 Å². The molecular formula is C14H23NO2. The van der Waals surface area contributed by atoms with Gasteiger partial charge in [-0.25, -0.2) is 0 Å². The molecule has 3 nitrogen and oxygen atoms in total. The van der Waals surface area contributed by atoms with Crippen molar-refractivity contribution in [2.75, 3.05) is 13.7 Å². The van der Waals surface area contributed by atoms with Crippen molar-refractivity contribution >= 4 is 0 Å². The lowest BCUT2D eigenvalue weighted by atomic mass is 10.1. The van der Waals surface area contributed by atoms with Crippen molar-refractivity contribution in [2.45, 2.75) is 38.8 Å². The van der Waals surface area contributed by atoms with Gasteiger partial charge in [-0.05, 0) is 38.0 Å². The molecule has 2 atom stereocenters. The second-order valence-corrected chi connectivity index (χ2v) is 4.54. The van der Waals surface area contributed by atoms with Gasteiger partial charge in [0, 0.05) is 26.2 Å². The van der Waals surface area contributed by atoms with E-state index in [1.807, 2.05) is 19.1 Å². The quantitative estimate of drug-likeness (QED) is 0.792. The molecule has 0 saturated heterocycles. The van der Waals surface area contributed by atoms with E-state index in [-0.39, 0.29) is 12.1 Å². The average Bonchev–Trinajstić information content (AvgIpc) is 2.28. The molecule has 0 aliphatic rings. The molecule has 2 N–H and O–H groups in total. The molecule has 0 aliphatic heterocycles. The number of hydrogen-bond donors (Lipinski definition) is 1. The van der Waals surface area contributed by atoms with Crippen LogP contribution >= 0.6 is 0 Å². The lowest BCUT2D eigenvalue weighted by Gasteiger charge is -2.14. The molecule has 0 aliphatic carbocycles. The normalized spacial score (nSPS) is 14.4. The van der Waals surface area contributed by atoms with Crippen LogP contribution in [0.5, 0.6) is 5.75 Å². The highest BCUT2D eigenvalue weighted by Crippen LogP contribution is 2.15. The van der Waals surface area contributed by atoms with Gasteiger partial charge in [0.2, 0.25) is 0 Å². The molecule has 0 bridgehead atoms. The van der Waals surface area contributed by atoms with E-state index in [9.17, 15) is 0 Å². The van der Waals surface area contributed by atoms with Gasteiger partial charge in [-0.3, -0.25) is 0 Å². The third-order valence-corrected chi connectivity index (χ3v) is 2.55. The van der Waals surface area contributed by atoms with Crippen LogP contribution in [0.1, 0.15) is 25.8 Å². The lowest BCUT2D eigenvalue weighted by Crippen LogP contribution is -2.17. The largest absolute Gasteiger partial charge is 0.491 e. The van der Waals surface area contributed by atoms with Crippen molar-refractivity contribution in [3.05, 3.63) is 29.8 Å². The molecule has 1 aromatic rings. The Labute approximate surface area is 104 Å². The summed E-state index contributed by atoms with van der Waals surface area (Å²) < 4.78 is 10.8. The lowest BCUT2D eigenvalue weighted by molar-refractivity contribution is 0.135. The maximum absolute atomic E-state index is 5.77. The number of benzene rings is 1. The molecular weight excluding hydrogens is 214 g/mol. The summed E-state index contributed by atoms with van der Waals surface area (Å²) in [7, 11) is 1.70. The average molecular weight is 237 g/mol. The Morgan fingerprint density at radius 3 is 2.35 bits per heavy atom. The van der Waals surface area contributed by atoms with Gasteiger partial charge in [-0.2, -0.15) is 0 Å².